The molecule has 0 aliphatic rings. The molecule has 4 heteroatoms. The molecule has 0 atom stereocenters. The third-order valence-corrected chi connectivity index (χ3v) is 3.61. The molecular formula is C18H17N3O. The lowest BCUT2D eigenvalue weighted by atomic mass is 9.90. The number of H-pyrrole nitrogens is 1. The van der Waals surface area contributed by atoms with Gasteiger partial charge in [-0.1, -0.05) is 60.7 Å². The Kier molecular flexibility index (Phi) is 4.01. The smallest absolute Gasteiger partial charge is 0.237 e. The van der Waals surface area contributed by atoms with Gasteiger partial charge in [0, 0.05) is 5.56 Å². The summed E-state index contributed by atoms with van der Waals surface area (Å²) in [5.41, 5.74) is 2.83. The Morgan fingerprint density at radius 1 is 1.00 bits per heavy atom. The molecule has 3 rings (SSSR count). The largest absolute Gasteiger partial charge is 0.310 e. The third kappa shape index (κ3) is 2.91. The van der Waals surface area contributed by atoms with Gasteiger partial charge in [0.2, 0.25) is 5.91 Å². The average Bonchev–Trinajstić information content (AvgIpc) is 2.95. The zero-order valence-electron chi connectivity index (χ0n) is 12.3. The van der Waals surface area contributed by atoms with E-state index < -0.39 is 0 Å². The molecule has 0 unspecified atom stereocenters. The maximum absolute atomic E-state index is 12.8. The van der Waals surface area contributed by atoms with Crippen LogP contribution in [0, 0.1) is 6.92 Å². The summed E-state index contributed by atoms with van der Waals surface area (Å²) in [6.45, 7) is 1.90. The number of rotatable bonds is 4. The van der Waals surface area contributed by atoms with Gasteiger partial charge in [-0.2, -0.15) is 5.10 Å². The predicted molar refractivity (Wildman–Crippen MR) is 86.7 cm³/mol. The summed E-state index contributed by atoms with van der Waals surface area (Å²) in [7, 11) is 0. The molecule has 2 aromatic carbocycles. The van der Waals surface area contributed by atoms with Crippen molar-refractivity contribution in [3.05, 3.63) is 83.6 Å². The minimum atomic E-state index is -0.356. The van der Waals surface area contributed by atoms with E-state index in [1.165, 1.54) is 0 Å². The molecule has 2 N–H and O–H groups in total. The molecule has 0 fully saturated rings. The van der Waals surface area contributed by atoms with Gasteiger partial charge < -0.3 is 5.32 Å². The first kappa shape index (κ1) is 14.1. The number of hydrogen-bond donors (Lipinski definition) is 2. The SMILES string of the molecule is Cc1cn[nH]c1NC(=O)C(c1ccccc1)c1ccccc1. The first-order valence-corrected chi connectivity index (χ1v) is 7.16. The van der Waals surface area contributed by atoms with E-state index in [9.17, 15) is 4.79 Å². The molecule has 0 spiro atoms. The zero-order valence-corrected chi connectivity index (χ0v) is 12.3. The van der Waals surface area contributed by atoms with Crippen LogP contribution >= 0.6 is 0 Å². The lowest BCUT2D eigenvalue weighted by molar-refractivity contribution is -0.116. The van der Waals surface area contributed by atoms with Crippen molar-refractivity contribution in [2.24, 2.45) is 0 Å². The fourth-order valence-electron chi connectivity index (χ4n) is 2.45. The Hall–Kier alpha value is -2.88. The van der Waals surface area contributed by atoms with Crippen LogP contribution in [0.25, 0.3) is 0 Å². The maximum atomic E-state index is 12.8. The van der Waals surface area contributed by atoms with Crippen molar-refractivity contribution in [1.29, 1.82) is 0 Å². The number of hydrogen-bond acceptors (Lipinski definition) is 2. The number of carbonyl (C=O) groups is 1. The molecule has 0 radical (unpaired) electrons. The standard InChI is InChI=1S/C18H17N3O/c1-13-12-19-21-17(13)20-18(22)16(14-8-4-2-5-9-14)15-10-6-3-7-11-15/h2-12,16H,1H3,(H2,19,20,21,22). The molecule has 0 aliphatic carbocycles. The van der Waals surface area contributed by atoms with Crippen LogP contribution in [0.4, 0.5) is 5.82 Å². The van der Waals surface area contributed by atoms with Crippen molar-refractivity contribution in [2.45, 2.75) is 12.8 Å². The Morgan fingerprint density at radius 3 is 2.00 bits per heavy atom. The van der Waals surface area contributed by atoms with E-state index in [4.69, 9.17) is 0 Å². The number of carbonyl (C=O) groups excluding carboxylic acids is 1. The molecule has 110 valence electrons. The summed E-state index contributed by atoms with van der Waals surface area (Å²) in [6.07, 6.45) is 1.69. The highest BCUT2D eigenvalue weighted by Gasteiger charge is 2.23. The molecule has 4 nitrogen and oxygen atoms in total. The van der Waals surface area contributed by atoms with Crippen molar-refractivity contribution in [3.63, 3.8) is 0 Å². The molecule has 1 amide bonds. The molecule has 0 bridgehead atoms. The van der Waals surface area contributed by atoms with E-state index in [-0.39, 0.29) is 11.8 Å². The van der Waals surface area contributed by atoms with E-state index in [1.807, 2.05) is 67.6 Å². The number of nitrogens with one attached hydrogen (secondary N) is 2. The fourth-order valence-corrected chi connectivity index (χ4v) is 2.45. The van der Waals surface area contributed by atoms with Gasteiger partial charge in [0.05, 0.1) is 12.1 Å². The Morgan fingerprint density at radius 2 is 1.55 bits per heavy atom. The zero-order chi connectivity index (χ0) is 15.4. The topological polar surface area (TPSA) is 57.8 Å². The second-order valence-corrected chi connectivity index (χ2v) is 5.17. The molecule has 1 aromatic heterocycles. The lowest BCUT2D eigenvalue weighted by Crippen LogP contribution is -2.22. The number of nitrogens with zero attached hydrogens (tertiary/aromatic N) is 1. The summed E-state index contributed by atoms with van der Waals surface area (Å²) in [5.74, 6) is 0.205. The Bertz CT molecular complexity index is 711. The van der Waals surface area contributed by atoms with E-state index >= 15 is 0 Å². The van der Waals surface area contributed by atoms with Gasteiger partial charge >= 0.3 is 0 Å². The number of aromatic nitrogens is 2. The van der Waals surface area contributed by atoms with Crippen molar-refractivity contribution in [3.8, 4) is 0 Å². The summed E-state index contributed by atoms with van der Waals surface area (Å²) < 4.78 is 0. The molecule has 22 heavy (non-hydrogen) atoms. The predicted octanol–water partition coefficient (Wildman–Crippen LogP) is 3.49. The van der Waals surface area contributed by atoms with E-state index in [0.29, 0.717) is 5.82 Å². The highest BCUT2D eigenvalue weighted by molar-refractivity contribution is 5.97. The van der Waals surface area contributed by atoms with Crippen LogP contribution in [0.1, 0.15) is 22.6 Å². The van der Waals surface area contributed by atoms with Gasteiger partial charge in [-0.3, -0.25) is 9.89 Å². The first-order chi connectivity index (χ1) is 10.8. The minimum Gasteiger partial charge on any atom is -0.310 e. The van der Waals surface area contributed by atoms with Crippen LogP contribution in [0.3, 0.4) is 0 Å². The number of aromatic amines is 1. The van der Waals surface area contributed by atoms with Crippen LogP contribution in [-0.4, -0.2) is 16.1 Å². The van der Waals surface area contributed by atoms with Gasteiger partial charge in [-0.15, -0.1) is 0 Å². The summed E-state index contributed by atoms with van der Waals surface area (Å²) in [4.78, 5) is 12.8. The number of benzene rings is 2. The fraction of sp³-hybridized carbons (Fsp3) is 0.111. The van der Waals surface area contributed by atoms with E-state index in [0.717, 1.165) is 16.7 Å². The molecule has 0 saturated carbocycles. The van der Waals surface area contributed by atoms with E-state index in [2.05, 4.69) is 15.5 Å². The molecule has 0 aliphatic heterocycles. The van der Waals surface area contributed by atoms with Crippen molar-refractivity contribution in [2.75, 3.05) is 5.32 Å². The van der Waals surface area contributed by atoms with Crippen molar-refractivity contribution < 1.29 is 4.79 Å². The normalized spacial score (nSPS) is 10.6. The summed E-state index contributed by atoms with van der Waals surface area (Å²) >= 11 is 0. The second kappa shape index (κ2) is 6.26. The van der Waals surface area contributed by atoms with Gasteiger partial charge in [0.1, 0.15) is 5.82 Å². The van der Waals surface area contributed by atoms with Gasteiger partial charge in [-0.25, -0.2) is 0 Å². The van der Waals surface area contributed by atoms with Gasteiger partial charge in [0.15, 0.2) is 0 Å². The van der Waals surface area contributed by atoms with E-state index in [1.54, 1.807) is 6.20 Å². The number of aryl methyl sites for hydroxylation is 1. The summed E-state index contributed by atoms with van der Waals surface area (Å²) in [5, 5.41) is 9.68. The lowest BCUT2D eigenvalue weighted by Gasteiger charge is -2.17. The monoisotopic (exact) mass is 291 g/mol. The van der Waals surface area contributed by atoms with Crippen LogP contribution in [-0.2, 0) is 4.79 Å². The second-order valence-electron chi connectivity index (χ2n) is 5.17. The molecular weight excluding hydrogens is 274 g/mol. The van der Waals surface area contributed by atoms with Crippen LogP contribution in [0.2, 0.25) is 0 Å². The van der Waals surface area contributed by atoms with Gasteiger partial charge in [0.25, 0.3) is 0 Å². The summed E-state index contributed by atoms with van der Waals surface area (Å²) in [6, 6.07) is 19.5. The maximum Gasteiger partial charge on any atom is 0.237 e. The number of anilines is 1. The van der Waals surface area contributed by atoms with Crippen molar-refractivity contribution >= 4 is 11.7 Å². The van der Waals surface area contributed by atoms with Crippen molar-refractivity contribution in [1.82, 2.24) is 10.2 Å². The van der Waals surface area contributed by atoms with Crippen LogP contribution < -0.4 is 5.32 Å². The highest BCUT2D eigenvalue weighted by Crippen LogP contribution is 2.26. The Labute approximate surface area is 129 Å². The average molecular weight is 291 g/mol. The molecule has 0 saturated heterocycles. The minimum absolute atomic E-state index is 0.0789. The quantitative estimate of drug-likeness (QED) is 0.773. The number of amides is 1. The third-order valence-electron chi connectivity index (χ3n) is 3.61. The first-order valence-electron chi connectivity index (χ1n) is 7.16. The highest BCUT2D eigenvalue weighted by atomic mass is 16.2. The molecule has 3 aromatic rings. The molecule has 1 heterocycles. The van der Waals surface area contributed by atoms with Crippen LogP contribution in [0.15, 0.2) is 66.9 Å². The van der Waals surface area contributed by atoms with Gasteiger partial charge in [-0.05, 0) is 18.1 Å². The Balaban J connectivity index is 1.95. The van der Waals surface area contributed by atoms with Crippen LogP contribution in [0.5, 0.6) is 0 Å².